The van der Waals surface area contributed by atoms with E-state index in [-0.39, 0.29) is 5.54 Å². The van der Waals surface area contributed by atoms with E-state index in [1.54, 1.807) is 11.3 Å². The fraction of sp³-hybridized carbons (Fsp3) is 0.706. The van der Waals surface area contributed by atoms with Gasteiger partial charge in [-0.2, -0.15) is 0 Å². The summed E-state index contributed by atoms with van der Waals surface area (Å²) in [5.74, 6) is 1.59. The van der Waals surface area contributed by atoms with Gasteiger partial charge < -0.3 is 5.32 Å². The van der Waals surface area contributed by atoms with Gasteiger partial charge in [-0.25, -0.2) is 4.98 Å². The molecule has 0 radical (unpaired) electrons. The lowest BCUT2D eigenvalue weighted by Crippen LogP contribution is -2.41. The maximum Gasteiger partial charge on any atom is 0.193 e. The van der Waals surface area contributed by atoms with Crippen LogP contribution >= 0.6 is 11.3 Å². The van der Waals surface area contributed by atoms with Crippen LogP contribution in [0, 0.1) is 11.8 Å². The summed E-state index contributed by atoms with van der Waals surface area (Å²) < 4.78 is 2.16. The van der Waals surface area contributed by atoms with Crippen molar-refractivity contribution < 1.29 is 0 Å². The Morgan fingerprint density at radius 3 is 2.81 bits per heavy atom. The lowest BCUT2D eigenvalue weighted by atomic mass is 9.86. The van der Waals surface area contributed by atoms with E-state index in [1.165, 1.54) is 31.4 Å². The molecule has 1 aliphatic carbocycles. The smallest absolute Gasteiger partial charge is 0.193 e. The monoisotopic (exact) mass is 305 g/mol. The van der Waals surface area contributed by atoms with E-state index in [1.807, 2.05) is 0 Å². The van der Waals surface area contributed by atoms with Crippen LogP contribution < -0.4 is 5.32 Å². The molecule has 0 aromatic carbocycles. The Hall–Kier alpha value is -0.870. The first-order valence-electron chi connectivity index (χ1n) is 8.17. The molecule has 1 atom stereocenters. The van der Waals surface area contributed by atoms with Gasteiger partial charge in [-0.3, -0.25) is 4.40 Å². The van der Waals surface area contributed by atoms with Crippen LogP contribution in [0.1, 0.15) is 52.1 Å². The van der Waals surface area contributed by atoms with Gasteiger partial charge in [0.25, 0.3) is 0 Å². The maximum absolute atomic E-state index is 4.78. The van der Waals surface area contributed by atoms with E-state index in [9.17, 15) is 0 Å². The minimum Gasteiger partial charge on any atom is -0.312 e. The van der Waals surface area contributed by atoms with Crippen molar-refractivity contribution in [2.75, 3.05) is 6.54 Å². The summed E-state index contributed by atoms with van der Waals surface area (Å²) in [6, 6.07) is 0. The first kappa shape index (κ1) is 15.0. The van der Waals surface area contributed by atoms with Crippen LogP contribution in [-0.2, 0) is 6.42 Å². The molecule has 21 heavy (non-hydrogen) atoms. The molecule has 1 N–H and O–H groups in total. The molecule has 1 aliphatic rings. The number of hydrogen-bond donors (Lipinski definition) is 1. The number of nitrogens with one attached hydrogen (secondary N) is 1. The molecule has 1 unspecified atom stereocenters. The van der Waals surface area contributed by atoms with Gasteiger partial charge in [0.15, 0.2) is 4.96 Å². The van der Waals surface area contributed by atoms with Crippen molar-refractivity contribution in [3.05, 3.63) is 23.5 Å². The third-order valence-corrected chi connectivity index (χ3v) is 5.35. The zero-order chi connectivity index (χ0) is 14.9. The van der Waals surface area contributed by atoms with Crippen molar-refractivity contribution in [3.8, 4) is 0 Å². The molecule has 0 amide bonds. The summed E-state index contributed by atoms with van der Waals surface area (Å²) in [5, 5.41) is 5.81. The van der Waals surface area contributed by atoms with Crippen molar-refractivity contribution in [3.63, 3.8) is 0 Å². The predicted octanol–water partition coefficient (Wildman–Crippen LogP) is 4.13. The van der Waals surface area contributed by atoms with Gasteiger partial charge in [0.2, 0.25) is 0 Å². The second-order valence-electron chi connectivity index (χ2n) is 7.46. The van der Waals surface area contributed by atoms with Crippen LogP contribution in [0.3, 0.4) is 0 Å². The Bertz CT molecular complexity index is 544. The van der Waals surface area contributed by atoms with Crippen molar-refractivity contribution in [1.82, 2.24) is 14.7 Å². The molecule has 2 heterocycles. The summed E-state index contributed by atoms with van der Waals surface area (Å²) >= 11 is 1.72. The highest BCUT2D eigenvalue weighted by atomic mass is 32.1. The van der Waals surface area contributed by atoms with Crippen LogP contribution in [0.25, 0.3) is 4.96 Å². The Labute approximate surface area is 131 Å². The van der Waals surface area contributed by atoms with Crippen molar-refractivity contribution in [2.24, 2.45) is 11.8 Å². The number of fused-ring (bicyclic) bond motifs is 1. The highest BCUT2D eigenvalue weighted by molar-refractivity contribution is 7.15. The van der Waals surface area contributed by atoms with Gasteiger partial charge in [0.1, 0.15) is 0 Å². The Morgan fingerprint density at radius 1 is 1.38 bits per heavy atom. The zero-order valence-electron chi connectivity index (χ0n) is 13.4. The van der Waals surface area contributed by atoms with E-state index in [0.29, 0.717) is 0 Å². The van der Waals surface area contributed by atoms with Crippen LogP contribution in [0.5, 0.6) is 0 Å². The molecule has 0 bridgehead atoms. The largest absolute Gasteiger partial charge is 0.312 e. The Balaban J connectivity index is 1.69. The van der Waals surface area contributed by atoms with Crippen LogP contribution in [0.4, 0.5) is 0 Å². The number of thiazole rings is 1. The minimum atomic E-state index is 0.200. The number of rotatable bonds is 5. The number of nitrogens with zero attached hydrogens (tertiary/aromatic N) is 2. The normalized spacial score (nSPS) is 18.6. The van der Waals surface area contributed by atoms with E-state index < -0.39 is 0 Å². The molecule has 1 fully saturated rings. The highest BCUT2D eigenvalue weighted by Crippen LogP contribution is 2.33. The molecule has 2 aromatic rings. The molecule has 116 valence electrons. The molecular formula is C17H27N3S. The van der Waals surface area contributed by atoms with E-state index in [2.05, 4.69) is 48.3 Å². The van der Waals surface area contributed by atoms with Gasteiger partial charge in [-0.15, -0.1) is 11.3 Å². The molecule has 1 saturated carbocycles. The zero-order valence-corrected chi connectivity index (χ0v) is 14.2. The quantitative estimate of drug-likeness (QED) is 0.900. The summed E-state index contributed by atoms with van der Waals surface area (Å²) in [7, 11) is 0. The average Bonchev–Trinajstić information content (AvgIpc) is 3.09. The molecule has 0 spiro atoms. The van der Waals surface area contributed by atoms with Crippen molar-refractivity contribution >= 4 is 16.3 Å². The number of imidazole rings is 1. The lowest BCUT2D eigenvalue weighted by molar-refractivity contribution is 0.285. The van der Waals surface area contributed by atoms with Gasteiger partial charge in [-0.05, 0) is 45.6 Å². The van der Waals surface area contributed by atoms with E-state index in [4.69, 9.17) is 4.98 Å². The SMILES string of the molecule is CC(C)(C)NCC(Cc1cn2ccsc2n1)C1CCCC1. The summed E-state index contributed by atoms with van der Waals surface area (Å²) in [6.07, 6.45) is 11.1. The van der Waals surface area contributed by atoms with Crippen molar-refractivity contribution in [1.29, 1.82) is 0 Å². The Kier molecular flexibility index (Phi) is 4.36. The molecule has 3 rings (SSSR count). The molecule has 0 aliphatic heterocycles. The van der Waals surface area contributed by atoms with Gasteiger partial charge >= 0.3 is 0 Å². The van der Waals surface area contributed by atoms with Gasteiger partial charge in [0.05, 0.1) is 5.69 Å². The van der Waals surface area contributed by atoms with Crippen molar-refractivity contribution in [2.45, 2.75) is 58.4 Å². The number of aromatic nitrogens is 2. The molecular weight excluding hydrogens is 278 g/mol. The number of hydrogen-bond acceptors (Lipinski definition) is 3. The molecule has 3 nitrogen and oxygen atoms in total. The molecule has 4 heteroatoms. The average molecular weight is 305 g/mol. The lowest BCUT2D eigenvalue weighted by Gasteiger charge is -2.28. The topological polar surface area (TPSA) is 29.3 Å². The summed E-state index contributed by atoms with van der Waals surface area (Å²) in [4.78, 5) is 5.91. The van der Waals surface area contributed by atoms with Crippen LogP contribution in [0.15, 0.2) is 17.8 Å². The minimum absolute atomic E-state index is 0.200. The predicted molar refractivity (Wildman–Crippen MR) is 90.0 cm³/mol. The fourth-order valence-corrected chi connectivity index (χ4v) is 4.13. The maximum atomic E-state index is 4.78. The van der Waals surface area contributed by atoms with Gasteiger partial charge in [-0.1, -0.05) is 25.7 Å². The van der Waals surface area contributed by atoms with Gasteiger partial charge in [0, 0.05) is 23.3 Å². The highest BCUT2D eigenvalue weighted by Gasteiger charge is 2.27. The van der Waals surface area contributed by atoms with Crippen LogP contribution in [0.2, 0.25) is 0 Å². The Morgan fingerprint density at radius 2 is 2.14 bits per heavy atom. The second-order valence-corrected chi connectivity index (χ2v) is 8.34. The summed E-state index contributed by atoms with van der Waals surface area (Å²) in [5.41, 5.74) is 1.46. The second kappa shape index (κ2) is 6.09. The molecule has 2 aromatic heterocycles. The van der Waals surface area contributed by atoms with Crippen LogP contribution in [-0.4, -0.2) is 21.5 Å². The standard InChI is InChI=1S/C17H27N3S/c1-17(2,3)18-11-14(13-6-4-5-7-13)10-15-12-20-8-9-21-16(20)19-15/h8-9,12-14,18H,4-7,10-11H2,1-3H3. The van der Waals surface area contributed by atoms with E-state index in [0.717, 1.165) is 29.8 Å². The van der Waals surface area contributed by atoms with E-state index >= 15 is 0 Å². The first-order valence-corrected chi connectivity index (χ1v) is 9.05. The third kappa shape index (κ3) is 3.86. The molecule has 0 saturated heterocycles. The fourth-order valence-electron chi connectivity index (χ4n) is 3.41. The first-order chi connectivity index (χ1) is 10.0. The summed E-state index contributed by atoms with van der Waals surface area (Å²) in [6.45, 7) is 7.88. The third-order valence-electron chi connectivity index (χ3n) is 4.58.